The quantitative estimate of drug-likeness (QED) is 0.633. The third-order valence-corrected chi connectivity index (χ3v) is 3.95. The number of carbonyl (C=O) groups excluding carboxylic acids is 1. The van der Waals surface area contributed by atoms with Crippen molar-refractivity contribution in [2.75, 3.05) is 0 Å². The Balaban J connectivity index is 2.05. The molecule has 1 heterocycles. The molecule has 3 rings (SSSR count). The highest BCUT2D eigenvalue weighted by atomic mass is 32.1. The summed E-state index contributed by atoms with van der Waals surface area (Å²) in [7, 11) is 0. The number of thiophene rings is 1. The Morgan fingerprint density at radius 1 is 0.947 bits per heavy atom. The lowest BCUT2D eigenvalue weighted by Crippen LogP contribution is -2.00. The molecule has 0 N–H and O–H groups in total. The van der Waals surface area contributed by atoms with E-state index in [1.54, 1.807) is 6.07 Å². The molecule has 3 aromatic rings. The summed E-state index contributed by atoms with van der Waals surface area (Å²) in [6.07, 6.45) is 0. The van der Waals surface area contributed by atoms with Crippen LogP contribution in [0.3, 0.4) is 0 Å². The first-order valence-corrected chi connectivity index (χ1v) is 6.45. The zero-order valence-electron chi connectivity index (χ0n) is 9.69. The zero-order valence-corrected chi connectivity index (χ0v) is 10.5. The van der Waals surface area contributed by atoms with E-state index in [1.807, 2.05) is 24.3 Å². The largest absolute Gasteiger partial charge is 0.288 e. The van der Waals surface area contributed by atoms with Gasteiger partial charge in [-0.15, -0.1) is 11.3 Å². The molecule has 0 aliphatic rings. The van der Waals surface area contributed by atoms with Gasteiger partial charge in [0.15, 0.2) is 11.6 Å². The monoisotopic (exact) mass is 274 g/mol. The van der Waals surface area contributed by atoms with Gasteiger partial charge in [-0.3, -0.25) is 4.79 Å². The predicted octanol–water partition coefficient (Wildman–Crippen LogP) is 4.41. The molecule has 0 spiro atoms. The number of ketones is 1. The lowest BCUT2D eigenvalue weighted by Gasteiger charge is -1.98. The molecule has 1 aromatic heterocycles. The van der Waals surface area contributed by atoms with E-state index in [0.29, 0.717) is 4.88 Å². The normalized spacial score (nSPS) is 10.8. The smallest absolute Gasteiger partial charge is 0.203 e. The molecule has 0 saturated carbocycles. The van der Waals surface area contributed by atoms with Crippen molar-refractivity contribution >= 4 is 27.2 Å². The van der Waals surface area contributed by atoms with Crippen LogP contribution in [0.2, 0.25) is 0 Å². The molecule has 19 heavy (non-hydrogen) atoms. The van der Waals surface area contributed by atoms with Gasteiger partial charge in [0, 0.05) is 10.3 Å². The van der Waals surface area contributed by atoms with Crippen LogP contribution in [0.1, 0.15) is 15.2 Å². The van der Waals surface area contributed by atoms with Crippen LogP contribution in [0.4, 0.5) is 8.78 Å². The summed E-state index contributed by atoms with van der Waals surface area (Å²) >= 11 is 1.34. The molecule has 4 heteroatoms. The van der Waals surface area contributed by atoms with Gasteiger partial charge in [0.1, 0.15) is 0 Å². The number of rotatable bonds is 2. The van der Waals surface area contributed by atoms with Crippen molar-refractivity contribution in [2.45, 2.75) is 0 Å². The van der Waals surface area contributed by atoms with Crippen molar-refractivity contribution in [2.24, 2.45) is 0 Å². The van der Waals surface area contributed by atoms with Crippen molar-refractivity contribution in [1.82, 2.24) is 0 Å². The van der Waals surface area contributed by atoms with Gasteiger partial charge in [-0.25, -0.2) is 8.78 Å². The number of fused-ring (bicyclic) bond motifs is 1. The van der Waals surface area contributed by atoms with E-state index in [1.165, 1.54) is 17.4 Å². The molecule has 0 amide bonds. The minimum atomic E-state index is -1.01. The molecule has 0 unspecified atom stereocenters. The topological polar surface area (TPSA) is 17.1 Å². The average Bonchev–Trinajstić information content (AvgIpc) is 2.85. The maximum absolute atomic E-state index is 13.1. The van der Waals surface area contributed by atoms with Crippen LogP contribution in [0.15, 0.2) is 48.5 Å². The third kappa shape index (κ3) is 2.15. The fourth-order valence-electron chi connectivity index (χ4n) is 1.87. The second-order valence-corrected chi connectivity index (χ2v) is 5.19. The molecule has 0 aliphatic heterocycles. The van der Waals surface area contributed by atoms with Crippen molar-refractivity contribution in [1.29, 1.82) is 0 Å². The summed E-state index contributed by atoms with van der Waals surface area (Å²) in [5, 5.41) is 0.971. The summed E-state index contributed by atoms with van der Waals surface area (Å²) in [5.41, 5.74) is 0.158. The number of hydrogen-bond donors (Lipinski definition) is 0. The van der Waals surface area contributed by atoms with Gasteiger partial charge >= 0.3 is 0 Å². The number of carbonyl (C=O) groups is 1. The highest BCUT2D eigenvalue weighted by Crippen LogP contribution is 2.27. The molecular weight excluding hydrogens is 266 g/mol. The van der Waals surface area contributed by atoms with Crippen LogP contribution in [0.5, 0.6) is 0 Å². The average molecular weight is 274 g/mol. The number of benzene rings is 2. The molecule has 1 nitrogen and oxygen atoms in total. The van der Waals surface area contributed by atoms with Gasteiger partial charge in [0.25, 0.3) is 0 Å². The standard InChI is InChI=1S/C15H8F2OS/c16-11-6-5-10(7-12(11)17)15(18)14-8-9-3-1-2-4-13(9)19-14/h1-8H. The Labute approximate surface area is 112 Å². The maximum atomic E-state index is 13.1. The Bertz CT molecular complexity index is 744. The molecule has 0 aliphatic carbocycles. The fraction of sp³-hybridized carbons (Fsp3) is 0. The van der Waals surface area contributed by atoms with Gasteiger partial charge in [-0.2, -0.15) is 0 Å². The first-order chi connectivity index (χ1) is 9.15. The number of halogens is 2. The molecule has 0 bridgehead atoms. The zero-order chi connectivity index (χ0) is 13.4. The summed E-state index contributed by atoms with van der Waals surface area (Å²) in [5.74, 6) is -2.25. The minimum absolute atomic E-state index is 0.158. The van der Waals surface area contributed by atoms with Crippen LogP contribution < -0.4 is 0 Å². The Morgan fingerprint density at radius 3 is 2.47 bits per heavy atom. The van der Waals surface area contributed by atoms with E-state index >= 15 is 0 Å². The second-order valence-electron chi connectivity index (χ2n) is 4.11. The third-order valence-electron chi connectivity index (χ3n) is 2.83. The van der Waals surface area contributed by atoms with E-state index in [4.69, 9.17) is 0 Å². The van der Waals surface area contributed by atoms with Crippen LogP contribution in [0, 0.1) is 11.6 Å². The van der Waals surface area contributed by atoms with E-state index in [2.05, 4.69) is 0 Å². The van der Waals surface area contributed by atoms with Gasteiger partial charge < -0.3 is 0 Å². The van der Waals surface area contributed by atoms with E-state index in [9.17, 15) is 13.6 Å². The van der Waals surface area contributed by atoms with Crippen molar-refractivity contribution < 1.29 is 13.6 Å². The molecule has 0 atom stereocenters. The van der Waals surface area contributed by atoms with E-state index < -0.39 is 11.6 Å². The van der Waals surface area contributed by atoms with Gasteiger partial charge in [0.05, 0.1) is 4.88 Å². The molecule has 0 fully saturated rings. The van der Waals surface area contributed by atoms with Crippen molar-refractivity contribution in [3.63, 3.8) is 0 Å². The fourth-order valence-corrected chi connectivity index (χ4v) is 2.90. The summed E-state index contributed by atoms with van der Waals surface area (Å²) < 4.78 is 27.0. The van der Waals surface area contributed by atoms with Gasteiger partial charge in [-0.1, -0.05) is 18.2 Å². The first-order valence-electron chi connectivity index (χ1n) is 5.63. The highest BCUT2D eigenvalue weighted by Gasteiger charge is 2.14. The molecular formula is C15H8F2OS. The number of hydrogen-bond acceptors (Lipinski definition) is 2. The molecule has 2 aromatic carbocycles. The molecule has 0 radical (unpaired) electrons. The van der Waals surface area contributed by atoms with Gasteiger partial charge in [-0.05, 0) is 35.7 Å². The van der Waals surface area contributed by atoms with Crippen LogP contribution in [-0.2, 0) is 0 Å². The maximum Gasteiger partial charge on any atom is 0.203 e. The first kappa shape index (κ1) is 12.0. The van der Waals surface area contributed by atoms with Crippen LogP contribution >= 0.6 is 11.3 Å². The van der Waals surface area contributed by atoms with Crippen LogP contribution in [-0.4, -0.2) is 5.78 Å². The Kier molecular flexibility index (Phi) is 2.87. The lowest BCUT2D eigenvalue weighted by molar-refractivity contribution is 0.104. The molecule has 0 saturated heterocycles. The van der Waals surface area contributed by atoms with Crippen molar-refractivity contribution in [3.8, 4) is 0 Å². The second kappa shape index (κ2) is 4.55. The Morgan fingerprint density at radius 2 is 1.74 bits per heavy atom. The Hall–Kier alpha value is -2.07. The summed E-state index contributed by atoms with van der Waals surface area (Å²) in [6, 6.07) is 12.6. The minimum Gasteiger partial charge on any atom is -0.288 e. The lowest BCUT2D eigenvalue weighted by atomic mass is 10.1. The highest BCUT2D eigenvalue weighted by molar-refractivity contribution is 7.21. The predicted molar refractivity (Wildman–Crippen MR) is 71.6 cm³/mol. The van der Waals surface area contributed by atoms with E-state index in [-0.39, 0.29) is 11.3 Å². The molecule has 94 valence electrons. The van der Waals surface area contributed by atoms with Crippen molar-refractivity contribution in [3.05, 3.63) is 70.6 Å². The van der Waals surface area contributed by atoms with Crippen LogP contribution in [0.25, 0.3) is 10.1 Å². The SMILES string of the molecule is O=C(c1ccc(F)c(F)c1)c1cc2ccccc2s1. The summed E-state index contributed by atoms with van der Waals surface area (Å²) in [4.78, 5) is 12.7. The van der Waals surface area contributed by atoms with Gasteiger partial charge in [0.2, 0.25) is 5.78 Å². The van der Waals surface area contributed by atoms with E-state index in [0.717, 1.165) is 22.2 Å². The summed E-state index contributed by atoms with van der Waals surface area (Å²) in [6.45, 7) is 0.